The summed E-state index contributed by atoms with van der Waals surface area (Å²) in [5.74, 6) is 0.665. The average molecular weight is 263 g/mol. The maximum atomic E-state index is 12.1. The SMILES string of the molecule is NCCOc1ccccc1NC(=O)N1CCCCC1. The van der Waals surface area contributed by atoms with Crippen LogP contribution in [0.4, 0.5) is 10.5 Å². The van der Waals surface area contributed by atoms with Gasteiger partial charge in [-0.05, 0) is 31.4 Å². The summed E-state index contributed by atoms with van der Waals surface area (Å²) in [5, 5.41) is 2.91. The number of carbonyl (C=O) groups excluding carboxylic acids is 1. The highest BCUT2D eigenvalue weighted by Crippen LogP contribution is 2.24. The van der Waals surface area contributed by atoms with Crippen LogP contribution in [0.25, 0.3) is 0 Å². The van der Waals surface area contributed by atoms with Crippen LogP contribution in [0.1, 0.15) is 19.3 Å². The second-order valence-corrected chi connectivity index (χ2v) is 4.61. The number of likely N-dealkylation sites (tertiary alicyclic amines) is 1. The van der Waals surface area contributed by atoms with Crippen LogP contribution in [-0.2, 0) is 0 Å². The summed E-state index contributed by atoms with van der Waals surface area (Å²) in [6.45, 7) is 2.56. The lowest BCUT2D eigenvalue weighted by atomic mass is 10.1. The minimum absolute atomic E-state index is 0.0523. The molecular formula is C14H21N3O2. The number of ether oxygens (including phenoxy) is 1. The van der Waals surface area contributed by atoms with Crippen LogP contribution in [0.15, 0.2) is 24.3 Å². The zero-order valence-corrected chi connectivity index (χ0v) is 11.1. The Morgan fingerprint density at radius 2 is 2.00 bits per heavy atom. The quantitative estimate of drug-likeness (QED) is 0.873. The van der Waals surface area contributed by atoms with Crippen molar-refractivity contribution in [2.24, 2.45) is 5.73 Å². The normalized spacial score (nSPS) is 15.1. The van der Waals surface area contributed by atoms with Gasteiger partial charge in [0, 0.05) is 19.6 Å². The number of urea groups is 1. The summed E-state index contributed by atoms with van der Waals surface area (Å²) in [7, 11) is 0. The first-order valence-corrected chi connectivity index (χ1v) is 6.79. The van der Waals surface area contributed by atoms with E-state index >= 15 is 0 Å². The van der Waals surface area contributed by atoms with E-state index in [-0.39, 0.29) is 6.03 Å². The van der Waals surface area contributed by atoms with Crippen molar-refractivity contribution in [1.29, 1.82) is 0 Å². The molecule has 1 heterocycles. The minimum Gasteiger partial charge on any atom is -0.490 e. The number of benzene rings is 1. The molecule has 5 heteroatoms. The predicted molar refractivity (Wildman–Crippen MR) is 75.4 cm³/mol. The van der Waals surface area contributed by atoms with E-state index in [2.05, 4.69) is 5.32 Å². The number of nitrogens with one attached hydrogen (secondary N) is 1. The lowest BCUT2D eigenvalue weighted by Gasteiger charge is -2.27. The Hall–Kier alpha value is -1.75. The van der Waals surface area contributed by atoms with Crippen LogP contribution in [0.3, 0.4) is 0 Å². The molecule has 3 N–H and O–H groups in total. The topological polar surface area (TPSA) is 67.6 Å². The molecule has 1 saturated heterocycles. The third kappa shape index (κ3) is 3.86. The molecule has 0 spiro atoms. The molecule has 0 atom stereocenters. The fraction of sp³-hybridized carbons (Fsp3) is 0.500. The number of para-hydroxylation sites is 2. The first kappa shape index (κ1) is 13.7. The van der Waals surface area contributed by atoms with Crippen molar-refractivity contribution in [3.05, 3.63) is 24.3 Å². The molecule has 1 aliphatic heterocycles. The number of rotatable bonds is 4. The van der Waals surface area contributed by atoms with Gasteiger partial charge in [0.25, 0.3) is 0 Å². The van der Waals surface area contributed by atoms with Crippen molar-refractivity contribution in [2.45, 2.75) is 19.3 Å². The molecule has 19 heavy (non-hydrogen) atoms. The maximum Gasteiger partial charge on any atom is 0.321 e. The van der Waals surface area contributed by atoms with Gasteiger partial charge in [0.1, 0.15) is 12.4 Å². The summed E-state index contributed by atoms with van der Waals surface area (Å²) in [4.78, 5) is 14.0. The molecule has 1 aromatic carbocycles. The Labute approximate surface area is 113 Å². The molecule has 0 aliphatic carbocycles. The van der Waals surface area contributed by atoms with Gasteiger partial charge in [-0.3, -0.25) is 0 Å². The van der Waals surface area contributed by atoms with E-state index in [9.17, 15) is 4.79 Å². The zero-order chi connectivity index (χ0) is 13.5. The molecule has 104 valence electrons. The largest absolute Gasteiger partial charge is 0.490 e. The van der Waals surface area contributed by atoms with Gasteiger partial charge in [0.15, 0.2) is 0 Å². The van der Waals surface area contributed by atoms with Gasteiger partial charge in [0.2, 0.25) is 0 Å². The number of carbonyl (C=O) groups is 1. The number of piperidine rings is 1. The van der Waals surface area contributed by atoms with E-state index in [1.54, 1.807) is 0 Å². The zero-order valence-electron chi connectivity index (χ0n) is 11.1. The van der Waals surface area contributed by atoms with Crippen molar-refractivity contribution in [2.75, 3.05) is 31.6 Å². The molecule has 0 radical (unpaired) electrons. The van der Waals surface area contributed by atoms with Crippen LogP contribution in [0.2, 0.25) is 0 Å². The molecule has 0 aromatic heterocycles. The highest BCUT2D eigenvalue weighted by atomic mass is 16.5. The highest BCUT2D eigenvalue weighted by molar-refractivity contribution is 5.91. The van der Waals surface area contributed by atoms with Gasteiger partial charge >= 0.3 is 6.03 Å². The van der Waals surface area contributed by atoms with Crippen molar-refractivity contribution < 1.29 is 9.53 Å². The standard InChI is InChI=1S/C14H21N3O2/c15-8-11-19-13-7-3-2-6-12(13)16-14(18)17-9-4-1-5-10-17/h2-3,6-7H,1,4-5,8-11,15H2,(H,16,18). The number of amides is 2. The van der Waals surface area contributed by atoms with E-state index < -0.39 is 0 Å². The molecule has 0 bridgehead atoms. The highest BCUT2D eigenvalue weighted by Gasteiger charge is 2.17. The van der Waals surface area contributed by atoms with Gasteiger partial charge in [-0.2, -0.15) is 0 Å². The van der Waals surface area contributed by atoms with E-state index in [1.165, 1.54) is 6.42 Å². The van der Waals surface area contributed by atoms with E-state index in [1.807, 2.05) is 29.2 Å². The molecule has 1 fully saturated rings. The van der Waals surface area contributed by atoms with Gasteiger partial charge in [-0.1, -0.05) is 12.1 Å². The van der Waals surface area contributed by atoms with Gasteiger partial charge < -0.3 is 20.7 Å². The third-order valence-electron chi connectivity index (χ3n) is 3.15. The fourth-order valence-electron chi connectivity index (χ4n) is 2.16. The van der Waals surface area contributed by atoms with E-state index in [4.69, 9.17) is 10.5 Å². The second kappa shape index (κ2) is 6.99. The molecule has 5 nitrogen and oxygen atoms in total. The first-order valence-electron chi connectivity index (χ1n) is 6.79. The van der Waals surface area contributed by atoms with Crippen LogP contribution in [-0.4, -0.2) is 37.2 Å². The predicted octanol–water partition coefficient (Wildman–Crippen LogP) is 2.04. The first-order chi connectivity index (χ1) is 9.31. The van der Waals surface area contributed by atoms with Crippen molar-refractivity contribution in [3.8, 4) is 5.75 Å². The summed E-state index contributed by atoms with van der Waals surface area (Å²) in [6.07, 6.45) is 3.37. The number of anilines is 1. The molecular weight excluding hydrogens is 242 g/mol. The van der Waals surface area contributed by atoms with Crippen LogP contribution >= 0.6 is 0 Å². The van der Waals surface area contributed by atoms with E-state index in [0.717, 1.165) is 25.9 Å². The Kier molecular flexibility index (Phi) is 5.03. The maximum absolute atomic E-state index is 12.1. The monoisotopic (exact) mass is 263 g/mol. The molecule has 0 saturated carbocycles. The van der Waals surface area contributed by atoms with Gasteiger partial charge in [-0.15, -0.1) is 0 Å². The molecule has 1 aromatic rings. The summed E-state index contributed by atoms with van der Waals surface area (Å²) in [6, 6.07) is 7.38. The Balaban J connectivity index is 1.99. The summed E-state index contributed by atoms with van der Waals surface area (Å²) < 4.78 is 5.52. The molecule has 0 unspecified atom stereocenters. The van der Waals surface area contributed by atoms with Gasteiger partial charge in [-0.25, -0.2) is 4.79 Å². The molecule has 1 aliphatic rings. The van der Waals surface area contributed by atoms with Crippen LogP contribution in [0.5, 0.6) is 5.75 Å². The molecule has 2 rings (SSSR count). The fourth-order valence-corrected chi connectivity index (χ4v) is 2.16. The number of hydrogen-bond acceptors (Lipinski definition) is 3. The Morgan fingerprint density at radius 1 is 1.26 bits per heavy atom. The van der Waals surface area contributed by atoms with E-state index in [0.29, 0.717) is 24.6 Å². The average Bonchev–Trinajstić information content (AvgIpc) is 2.47. The minimum atomic E-state index is -0.0523. The van der Waals surface area contributed by atoms with Crippen LogP contribution < -0.4 is 15.8 Å². The van der Waals surface area contributed by atoms with Crippen LogP contribution in [0, 0.1) is 0 Å². The number of nitrogens with two attached hydrogens (primary N) is 1. The lowest BCUT2D eigenvalue weighted by Crippen LogP contribution is -2.38. The smallest absolute Gasteiger partial charge is 0.321 e. The van der Waals surface area contributed by atoms with Crippen molar-refractivity contribution >= 4 is 11.7 Å². The Bertz CT molecular complexity index is 417. The summed E-state index contributed by atoms with van der Waals surface area (Å²) in [5.41, 5.74) is 6.12. The van der Waals surface area contributed by atoms with Crippen molar-refractivity contribution in [1.82, 2.24) is 4.90 Å². The molecule has 2 amide bonds. The lowest BCUT2D eigenvalue weighted by molar-refractivity contribution is 0.200. The Morgan fingerprint density at radius 3 is 2.74 bits per heavy atom. The number of nitrogens with zero attached hydrogens (tertiary/aromatic N) is 1. The van der Waals surface area contributed by atoms with Gasteiger partial charge in [0.05, 0.1) is 5.69 Å². The summed E-state index contributed by atoms with van der Waals surface area (Å²) >= 11 is 0. The third-order valence-corrected chi connectivity index (χ3v) is 3.15. The second-order valence-electron chi connectivity index (χ2n) is 4.61. The number of hydrogen-bond donors (Lipinski definition) is 2. The van der Waals surface area contributed by atoms with Crippen molar-refractivity contribution in [3.63, 3.8) is 0 Å².